The Labute approximate surface area is 203 Å². The predicted molar refractivity (Wildman–Crippen MR) is 138 cm³/mol. The lowest BCUT2D eigenvalue weighted by Gasteiger charge is -2.15. The first-order chi connectivity index (χ1) is 16.2. The maximum atomic E-state index is 8.29. The van der Waals surface area contributed by atoms with Gasteiger partial charge in [0, 0.05) is 23.7 Å². The fourth-order valence-electron chi connectivity index (χ4n) is 3.11. The molecule has 174 valence electrons. The maximum absolute atomic E-state index is 8.29. The summed E-state index contributed by atoms with van der Waals surface area (Å²) in [5.74, 6) is 3.83. The Balaban J connectivity index is 0.000000173. The van der Waals surface area contributed by atoms with Crippen LogP contribution in [0.2, 0.25) is 0 Å². The SMILES string of the molecule is CC.CC1CCN(Oc2ccccc2)C1.N#Cc1ccccc1.c1ccc2c(c1)OCCS2. The summed E-state index contributed by atoms with van der Waals surface area (Å²) in [5.41, 5.74) is 0.715. The molecule has 3 aromatic carbocycles. The van der Waals surface area contributed by atoms with Crippen LogP contribution in [0.15, 0.2) is 89.8 Å². The minimum atomic E-state index is 0.715. The Morgan fingerprint density at radius 3 is 2.15 bits per heavy atom. The monoisotopic (exact) mass is 462 g/mol. The predicted octanol–water partition coefficient (Wildman–Crippen LogP) is 7.08. The molecule has 0 bridgehead atoms. The largest absolute Gasteiger partial charge is 0.492 e. The molecule has 0 radical (unpaired) electrons. The van der Waals surface area contributed by atoms with Gasteiger partial charge in [0.15, 0.2) is 0 Å². The van der Waals surface area contributed by atoms with E-state index in [2.05, 4.69) is 13.0 Å². The van der Waals surface area contributed by atoms with E-state index in [1.807, 2.05) is 103 Å². The van der Waals surface area contributed by atoms with Gasteiger partial charge in [0.05, 0.1) is 18.2 Å². The number of nitriles is 1. The topological polar surface area (TPSA) is 45.5 Å². The highest BCUT2D eigenvalue weighted by molar-refractivity contribution is 7.99. The molecular weight excluding hydrogens is 428 g/mol. The molecule has 2 aliphatic heterocycles. The summed E-state index contributed by atoms with van der Waals surface area (Å²) < 4.78 is 5.40. The van der Waals surface area contributed by atoms with E-state index in [4.69, 9.17) is 14.8 Å². The molecule has 1 atom stereocenters. The van der Waals surface area contributed by atoms with Crippen LogP contribution in [0, 0.1) is 17.2 Å². The van der Waals surface area contributed by atoms with Crippen molar-refractivity contribution in [1.82, 2.24) is 5.06 Å². The minimum absolute atomic E-state index is 0.715. The molecule has 1 saturated heterocycles. The van der Waals surface area contributed by atoms with Crippen molar-refractivity contribution in [2.75, 3.05) is 25.4 Å². The van der Waals surface area contributed by atoms with Crippen LogP contribution in [0.5, 0.6) is 11.5 Å². The van der Waals surface area contributed by atoms with Gasteiger partial charge in [-0.1, -0.05) is 69.3 Å². The summed E-state index contributed by atoms with van der Waals surface area (Å²) >= 11 is 1.86. The maximum Gasteiger partial charge on any atom is 0.147 e. The highest BCUT2D eigenvalue weighted by Crippen LogP contribution is 2.32. The average molecular weight is 463 g/mol. The van der Waals surface area contributed by atoms with E-state index in [1.165, 1.54) is 11.3 Å². The van der Waals surface area contributed by atoms with Crippen LogP contribution in [-0.2, 0) is 0 Å². The van der Waals surface area contributed by atoms with E-state index in [0.29, 0.717) is 5.56 Å². The third-order valence-corrected chi connectivity index (χ3v) is 5.73. The first-order valence-corrected chi connectivity index (χ1v) is 12.5. The second-order valence-electron chi connectivity index (χ2n) is 7.31. The Morgan fingerprint density at radius 2 is 1.58 bits per heavy atom. The van der Waals surface area contributed by atoms with E-state index in [9.17, 15) is 0 Å². The van der Waals surface area contributed by atoms with E-state index in [0.717, 1.165) is 42.9 Å². The van der Waals surface area contributed by atoms with Crippen LogP contribution in [0.1, 0.15) is 32.8 Å². The zero-order valence-electron chi connectivity index (χ0n) is 19.8. The number of nitrogens with zero attached hydrogens (tertiary/aromatic N) is 2. The molecule has 5 heteroatoms. The number of fused-ring (bicyclic) bond motifs is 1. The van der Waals surface area contributed by atoms with Gasteiger partial charge in [0.1, 0.15) is 11.5 Å². The molecule has 3 aromatic rings. The lowest BCUT2D eigenvalue weighted by atomic mass is 10.2. The van der Waals surface area contributed by atoms with Crippen LogP contribution in [-0.4, -0.2) is 30.5 Å². The molecule has 0 saturated carbocycles. The normalized spacial score (nSPS) is 16.0. The van der Waals surface area contributed by atoms with Crippen molar-refractivity contribution in [3.63, 3.8) is 0 Å². The van der Waals surface area contributed by atoms with Crippen LogP contribution >= 0.6 is 11.8 Å². The second kappa shape index (κ2) is 15.8. The first kappa shape index (κ1) is 26.3. The highest BCUT2D eigenvalue weighted by atomic mass is 32.2. The van der Waals surface area contributed by atoms with E-state index in [-0.39, 0.29) is 0 Å². The molecule has 0 N–H and O–H groups in total. The van der Waals surface area contributed by atoms with Gasteiger partial charge < -0.3 is 9.57 Å². The van der Waals surface area contributed by atoms with Gasteiger partial charge in [-0.25, -0.2) is 0 Å². The summed E-state index contributed by atoms with van der Waals surface area (Å²) in [6, 6.07) is 29.3. The number of ether oxygens (including phenoxy) is 1. The number of rotatable bonds is 2. The molecule has 1 unspecified atom stereocenters. The van der Waals surface area contributed by atoms with Crippen LogP contribution in [0.25, 0.3) is 0 Å². The van der Waals surface area contributed by atoms with Gasteiger partial charge in [-0.05, 0) is 48.7 Å². The van der Waals surface area contributed by atoms with Crippen molar-refractivity contribution in [3.8, 4) is 17.6 Å². The summed E-state index contributed by atoms with van der Waals surface area (Å²) in [5, 5.41) is 10.3. The lowest BCUT2D eigenvalue weighted by molar-refractivity contribution is -0.0377. The van der Waals surface area contributed by atoms with Gasteiger partial charge in [0.25, 0.3) is 0 Å². The number of benzene rings is 3. The van der Waals surface area contributed by atoms with Crippen LogP contribution < -0.4 is 9.57 Å². The third-order valence-electron chi connectivity index (χ3n) is 4.71. The summed E-state index contributed by atoms with van der Waals surface area (Å²) in [6.45, 7) is 9.21. The van der Waals surface area contributed by atoms with Crippen molar-refractivity contribution in [1.29, 1.82) is 5.26 Å². The molecule has 4 nitrogen and oxygen atoms in total. The lowest BCUT2D eigenvalue weighted by Crippen LogP contribution is -2.24. The molecule has 2 aliphatic rings. The number of hydroxylamine groups is 2. The van der Waals surface area contributed by atoms with Crippen molar-refractivity contribution in [2.24, 2.45) is 5.92 Å². The summed E-state index contributed by atoms with van der Waals surface area (Å²) in [6.07, 6.45) is 1.24. The van der Waals surface area contributed by atoms with Gasteiger partial charge in [0.2, 0.25) is 0 Å². The van der Waals surface area contributed by atoms with Crippen LogP contribution in [0.4, 0.5) is 0 Å². The van der Waals surface area contributed by atoms with Gasteiger partial charge in [-0.2, -0.15) is 5.26 Å². The molecule has 0 spiro atoms. The van der Waals surface area contributed by atoms with Gasteiger partial charge in [-0.15, -0.1) is 16.8 Å². The van der Waals surface area contributed by atoms with Crippen molar-refractivity contribution >= 4 is 11.8 Å². The van der Waals surface area contributed by atoms with Crippen molar-refractivity contribution in [2.45, 2.75) is 32.1 Å². The zero-order chi connectivity index (χ0) is 23.7. The molecule has 33 heavy (non-hydrogen) atoms. The minimum Gasteiger partial charge on any atom is -0.492 e. The number of para-hydroxylation sites is 2. The highest BCUT2D eigenvalue weighted by Gasteiger charge is 2.19. The summed E-state index contributed by atoms with van der Waals surface area (Å²) in [4.78, 5) is 6.95. The molecule has 0 aromatic heterocycles. The van der Waals surface area contributed by atoms with E-state index >= 15 is 0 Å². The fourth-order valence-corrected chi connectivity index (χ4v) is 3.94. The molecule has 2 heterocycles. The average Bonchev–Trinajstić information content (AvgIpc) is 3.31. The smallest absolute Gasteiger partial charge is 0.147 e. The first-order valence-electron chi connectivity index (χ1n) is 11.5. The Bertz CT molecular complexity index is 920. The number of hydrogen-bond donors (Lipinski definition) is 0. The van der Waals surface area contributed by atoms with Crippen LogP contribution in [0.3, 0.4) is 0 Å². The summed E-state index contributed by atoms with van der Waals surface area (Å²) in [7, 11) is 0. The van der Waals surface area contributed by atoms with E-state index in [1.54, 1.807) is 12.1 Å². The number of thioether (sulfide) groups is 1. The standard InChI is InChI=1S/C11H15NO.C8H8OS.C7H5N.C2H6/c1-10-7-8-12(9-10)13-11-5-3-2-4-6-11;1-2-4-8-7(3-1)9-5-6-10-8;8-6-7-4-2-1-3-5-7;1-2/h2-6,10H,7-9H2,1H3;1-4H,5-6H2;1-5H;1-2H3. The fraction of sp³-hybridized carbons (Fsp3) is 0.321. The quantitative estimate of drug-likeness (QED) is 0.407. The zero-order valence-corrected chi connectivity index (χ0v) is 20.6. The Hall–Kier alpha value is -2.94. The van der Waals surface area contributed by atoms with Crippen molar-refractivity contribution in [3.05, 3.63) is 90.5 Å². The Kier molecular flexibility index (Phi) is 12.6. The van der Waals surface area contributed by atoms with Gasteiger partial charge >= 0.3 is 0 Å². The molecule has 0 aliphatic carbocycles. The van der Waals surface area contributed by atoms with Crippen molar-refractivity contribution < 1.29 is 9.57 Å². The molecule has 5 rings (SSSR count). The van der Waals surface area contributed by atoms with Gasteiger partial charge in [-0.3, -0.25) is 0 Å². The van der Waals surface area contributed by atoms with E-state index < -0.39 is 0 Å². The molecule has 1 fully saturated rings. The molecule has 0 amide bonds. The second-order valence-corrected chi connectivity index (χ2v) is 8.44. The Morgan fingerprint density at radius 1 is 0.939 bits per heavy atom. The third kappa shape index (κ3) is 10.0. The molecular formula is C28H34N2O2S. The number of hydrogen-bond acceptors (Lipinski definition) is 5.